The average molecular weight is 497 g/mol. The topological polar surface area (TPSA) is 137 Å². The van der Waals surface area contributed by atoms with Crippen LogP contribution in [0.5, 0.6) is 5.75 Å². The zero-order valence-electron chi connectivity index (χ0n) is 17.9. The molecule has 2 aromatic carbocycles. The highest BCUT2D eigenvalue weighted by atomic mass is 32.2. The fourth-order valence-electron chi connectivity index (χ4n) is 2.64. The van der Waals surface area contributed by atoms with Gasteiger partial charge in [-0.15, -0.1) is 0 Å². The molecule has 2 N–H and O–H groups in total. The Morgan fingerprint density at radius 3 is 2.47 bits per heavy atom. The number of non-ortho nitro benzene ring substituents is 1. The van der Waals surface area contributed by atoms with Gasteiger partial charge in [-0.3, -0.25) is 19.7 Å². The Bertz CT molecular complexity index is 1020. The molecule has 34 heavy (non-hydrogen) atoms. The maximum Gasteiger partial charge on any atom is 0.387 e. The predicted molar refractivity (Wildman–Crippen MR) is 120 cm³/mol. The minimum Gasteiger partial charge on any atom is -0.454 e. The lowest BCUT2D eigenvalue weighted by atomic mass is 10.1. The number of alkyl halides is 2. The van der Waals surface area contributed by atoms with Crippen molar-refractivity contribution >= 4 is 40.9 Å². The van der Waals surface area contributed by atoms with Gasteiger partial charge in [-0.05, 0) is 48.8 Å². The van der Waals surface area contributed by atoms with Crippen molar-refractivity contribution in [2.75, 3.05) is 23.9 Å². The van der Waals surface area contributed by atoms with E-state index in [9.17, 15) is 33.3 Å². The van der Waals surface area contributed by atoms with E-state index in [0.717, 1.165) is 6.07 Å². The summed E-state index contributed by atoms with van der Waals surface area (Å²) in [6.07, 6.45) is 2.00. The molecule has 0 aliphatic carbocycles. The molecule has 10 nitrogen and oxygen atoms in total. The fraction of sp³-hybridized carbons (Fsp3) is 0.286. The van der Waals surface area contributed by atoms with Crippen LogP contribution in [0.1, 0.15) is 16.8 Å². The molecule has 13 heteroatoms. The van der Waals surface area contributed by atoms with Crippen LogP contribution in [0.2, 0.25) is 0 Å². The molecule has 0 bridgehead atoms. The molecule has 0 spiro atoms. The molecular weight excluding hydrogens is 476 g/mol. The van der Waals surface area contributed by atoms with Gasteiger partial charge in [0.25, 0.3) is 17.5 Å². The quantitative estimate of drug-likeness (QED) is 0.259. The number of ether oxygens (including phenoxy) is 2. The number of halogens is 2. The van der Waals surface area contributed by atoms with Crippen LogP contribution < -0.4 is 15.4 Å². The lowest BCUT2D eigenvalue weighted by Crippen LogP contribution is -2.43. The molecule has 2 amide bonds. The number of rotatable bonds is 12. The third-order valence-electron chi connectivity index (χ3n) is 4.23. The molecule has 0 saturated carbocycles. The second-order valence-electron chi connectivity index (χ2n) is 6.67. The number of thioether (sulfide) groups is 1. The van der Waals surface area contributed by atoms with Crippen LogP contribution in [-0.4, -0.2) is 54.0 Å². The smallest absolute Gasteiger partial charge is 0.387 e. The summed E-state index contributed by atoms with van der Waals surface area (Å²) in [5, 5.41) is 15.8. The van der Waals surface area contributed by atoms with Crippen LogP contribution in [0.4, 0.5) is 20.2 Å². The monoisotopic (exact) mass is 497 g/mol. The van der Waals surface area contributed by atoms with Gasteiger partial charge in [-0.1, -0.05) is 6.07 Å². The highest BCUT2D eigenvalue weighted by molar-refractivity contribution is 7.98. The number of nitro groups is 1. The molecule has 0 saturated heterocycles. The van der Waals surface area contributed by atoms with E-state index in [1.807, 2.05) is 0 Å². The van der Waals surface area contributed by atoms with E-state index >= 15 is 0 Å². The predicted octanol–water partition coefficient (Wildman–Crippen LogP) is 3.23. The summed E-state index contributed by atoms with van der Waals surface area (Å²) in [5.41, 5.74) is -0.0184. The van der Waals surface area contributed by atoms with E-state index in [1.165, 1.54) is 54.2 Å². The normalized spacial score (nSPS) is 11.4. The fourth-order valence-corrected chi connectivity index (χ4v) is 3.11. The summed E-state index contributed by atoms with van der Waals surface area (Å²) in [6, 6.07) is 9.06. The van der Waals surface area contributed by atoms with Gasteiger partial charge in [0.05, 0.1) is 4.92 Å². The first-order valence-electron chi connectivity index (χ1n) is 9.75. The second-order valence-corrected chi connectivity index (χ2v) is 7.66. The molecular formula is C21H21F2N3O7S. The van der Waals surface area contributed by atoms with Crippen LogP contribution in [0, 0.1) is 10.1 Å². The summed E-state index contributed by atoms with van der Waals surface area (Å²) in [5.74, 6) is -1.85. The van der Waals surface area contributed by atoms with Gasteiger partial charge in [-0.25, -0.2) is 4.79 Å². The standard InChI is InChI=1S/C21H21F2N3O7S/c1-34-10-9-17(25-19(28)13-3-2-4-15(11-13)26(30)31)20(29)32-12-18(27)24-14-5-7-16(8-6-14)33-21(22)23/h2-8,11,17,21H,9-10,12H2,1H3,(H,24,27)(H,25,28). The average Bonchev–Trinajstić information content (AvgIpc) is 2.81. The van der Waals surface area contributed by atoms with Crippen molar-refractivity contribution in [3.8, 4) is 5.75 Å². The Morgan fingerprint density at radius 2 is 1.85 bits per heavy atom. The van der Waals surface area contributed by atoms with Gasteiger partial charge in [0, 0.05) is 23.4 Å². The molecule has 0 radical (unpaired) electrons. The van der Waals surface area contributed by atoms with Crippen molar-refractivity contribution in [2.45, 2.75) is 19.1 Å². The van der Waals surface area contributed by atoms with Gasteiger partial charge in [0.1, 0.15) is 11.8 Å². The number of anilines is 1. The summed E-state index contributed by atoms with van der Waals surface area (Å²) in [6.45, 7) is -3.63. The summed E-state index contributed by atoms with van der Waals surface area (Å²) >= 11 is 1.42. The number of nitro benzene ring substituents is 1. The Morgan fingerprint density at radius 1 is 1.15 bits per heavy atom. The second kappa shape index (κ2) is 13.1. The largest absolute Gasteiger partial charge is 0.454 e. The maximum absolute atomic E-state index is 12.5. The highest BCUT2D eigenvalue weighted by Crippen LogP contribution is 2.18. The third-order valence-corrected chi connectivity index (χ3v) is 4.87. The molecule has 0 fully saturated rings. The summed E-state index contributed by atoms with van der Waals surface area (Å²) in [4.78, 5) is 47.3. The summed E-state index contributed by atoms with van der Waals surface area (Å²) < 4.78 is 33.6. The third kappa shape index (κ3) is 8.65. The van der Waals surface area contributed by atoms with Gasteiger partial charge < -0.3 is 20.1 Å². The molecule has 0 heterocycles. The van der Waals surface area contributed by atoms with Crippen LogP contribution in [-0.2, 0) is 14.3 Å². The molecule has 0 aliphatic heterocycles. The number of hydrogen-bond acceptors (Lipinski definition) is 8. The lowest BCUT2D eigenvalue weighted by molar-refractivity contribution is -0.384. The first kappa shape index (κ1) is 26.5. The van der Waals surface area contributed by atoms with E-state index in [-0.39, 0.29) is 29.1 Å². The van der Waals surface area contributed by atoms with Gasteiger partial charge in [-0.2, -0.15) is 20.5 Å². The number of hydrogen-bond donors (Lipinski definition) is 2. The minimum atomic E-state index is -2.98. The Labute approximate surface area is 197 Å². The van der Waals surface area contributed by atoms with Crippen LogP contribution in [0.3, 0.4) is 0 Å². The number of carbonyl (C=O) groups excluding carboxylic acids is 3. The number of esters is 1. The number of nitrogens with one attached hydrogen (secondary N) is 2. The number of amides is 2. The van der Waals surface area contributed by atoms with Crippen molar-refractivity contribution in [1.82, 2.24) is 5.32 Å². The van der Waals surface area contributed by atoms with Crippen molar-refractivity contribution in [3.63, 3.8) is 0 Å². The van der Waals surface area contributed by atoms with E-state index in [4.69, 9.17) is 4.74 Å². The first-order valence-corrected chi connectivity index (χ1v) is 11.1. The van der Waals surface area contributed by atoms with E-state index < -0.39 is 42.0 Å². The maximum atomic E-state index is 12.5. The molecule has 2 rings (SSSR count). The Balaban J connectivity index is 1.94. The van der Waals surface area contributed by atoms with Gasteiger partial charge >= 0.3 is 12.6 Å². The molecule has 1 unspecified atom stereocenters. The highest BCUT2D eigenvalue weighted by Gasteiger charge is 2.24. The number of benzene rings is 2. The van der Waals surface area contributed by atoms with Crippen molar-refractivity contribution in [3.05, 3.63) is 64.2 Å². The zero-order valence-corrected chi connectivity index (χ0v) is 18.7. The summed E-state index contributed by atoms with van der Waals surface area (Å²) in [7, 11) is 0. The molecule has 182 valence electrons. The Hall–Kier alpha value is -3.74. The first-order chi connectivity index (χ1) is 16.2. The molecule has 0 aromatic heterocycles. The molecule has 0 aliphatic rings. The van der Waals surface area contributed by atoms with Crippen molar-refractivity contribution in [2.24, 2.45) is 0 Å². The van der Waals surface area contributed by atoms with Gasteiger partial charge in [0.15, 0.2) is 6.61 Å². The van der Waals surface area contributed by atoms with Crippen LogP contribution in [0.25, 0.3) is 0 Å². The van der Waals surface area contributed by atoms with E-state index in [1.54, 1.807) is 6.26 Å². The van der Waals surface area contributed by atoms with Crippen molar-refractivity contribution < 1.29 is 37.6 Å². The van der Waals surface area contributed by atoms with Gasteiger partial charge in [0.2, 0.25) is 0 Å². The SMILES string of the molecule is CSCCC(NC(=O)c1cccc([N+](=O)[O-])c1)C(=O)OCC(=O)Nc1ccc(OC(F)F)cc1. The minimum absolute atomic E-state index is 0.00633. The van der Waals surface area contributed by atoms with E-state index in [2.05, 4.69) is 15.4 Å². The molecule has 2 aromatic rings. The molecule has 1 atom stereocenters. The number of nitrogens with zero attached hydrogens (tertiary/aromatic N) is 1. The Kier molecular flexibility index (Phi) is 10.2. The van der Waals surface area contributed by atoms with Crippen LogP contribution >= 0.6 is 11.8 Å². The lowest BCUT2D eigenvalue weighted by Gasteiger charge is -2.17. The van der Waals surface area contributed by atoms with Crippen LogP contribution in [0.15, 0.2) is 48.5 Å². The van der Waals surface area contributed by atoms with Crippen molar-refractivity contribution in [1.29, 1.82) is 0 Å². The number of carbonyl (C=O) groups is 3. The van der Waals surface area contributed by atoms with E-state index in [0.29, 0.717) is 5.75 Å². The zero-order chi connectivity index (χ0) is 25.1.